The molecule has 1 aromatic rings. The minimum absolute atomic E-state index is 0.0129. The second-order valence-electron chi connectivity index (χ2n) is 5.64. The molecule has 22 heavy (non-hydrogen) atoms. The fraction of sp³-hybridized carbons (Fsp3) is 0.438. The van der Waals surface area contributed by atoms with E-state index in [4.69, 9.17) is 9.47 Å². The first-order valence-corrected chi connectivity index (χ1v) is 6.92. The molecule has 0 unspecified atom stereocenters. The predicted molar refractivity (Wildman–Crippen MR) is 82.0 cm³/mol. The van der Waals surface area contributed by atoms with E-state index in [1.165, 1.54) is 7.11 Å². The average molecular weight is 307 g/mol. The second-order valence-corrected chi connectivity index (χ2v) is 5.64. The summed E-state index contributed by atoms with van der Waals surface area (Å²) in [6.07, 6.45) is 0. The number of hydrogen-bond donors (Lipinski definition) is 1. The molecule has 0 fully saturated rings. The van der Waals surface area contributed by atoms with Crippen molar-refractivity contribution in [3.05, 3.63) is 23.8 Å². The van der Waals surface area contributed by atoms with E-state index < -0.39 is 17.2 Å². The van der Waals surface area contributed by atoms with Gasteiger partial charge in [-0.05, 0) is 19.1 Å². The van der Waals surface area contributed by atoms with Crippen LogP contribution in [0.1, 0.15) is 38.1 Å². The smallest absolute Gasteiger partial charge is 0.379 e. The van der Waals surface area contributed by atoms with Crippen LogP contribution in [0.15, 0.2) is 18.2 Å². The van der Waals surface area contributed by atoms with Crippen LogP contribution in [0.3, 0.4) is 0 Å². The Morgan fingerprint density at radius 1 is 1.18 bits per heavy atom. The van der Waals surface area contributed by atoms with Gasteiger partial charge in [0.2, 0.25) is 5.91 Å². The zero-order valence-electron chi connectivity index (χ0n) is 13.5. The minimum atomic E-state index is -0.988. The van der Waals surface area contributed by atoms with Crippen molar-refractivity contribution in [3.8, 4) is 5.75 Å². The van der Waals surface area contributed by atoms with Crippen molar-refractivity contribution in [1.29, 1.82) is 0 Å². The Morgan fingerprint density at radius 3 is 2.32 bits per heavy atom. The standard InChI is InChI=1S/C16H21NO5/c1-6-22-14(19)13(18)12-10(8-7-9-11(12)21-5)17-15(20)16(2,3)4/h7-9H,6H2,1-5H3,(H,17,20). The SMILES string of the molecule is CCOC(=O)C(=O)c1c(NC(=O)C(C)(C)C)cccc1OC. The van der Waals surface area contributed by atoms with E-state index in [1.807, 2.05) is 0 Å². The van der Waals surface area contributed by atoms with Crippen LogP contribution in [0.4, 0.5) is 5.69 Å². The van der Waals surface area contributed by atoms with E-state index in [0.717, 1.165) is 0 Å². The van der Waals surface area contributed by atoms with Crippen LogP contribution >= 0.6 is 0 Å². The third kappa shape index (κ3) is 4.07. The normalized spacial score (nSPS) is 10.8. The lowest BCUT2D eigenvalue weighted by Crippen LogP contribution is -2.29. The van der Waals surface area contributed by atoms with Crippen molar-refractivity contribution in [2.24, 2.45) is 5.41 Å². The van der Waals surface area contributed by atoms with E-state index in [0.29, 0.717) is 0 Å². The largest absolute Gasteiger partial charge is 0.496 e. The van der Waals surface area contributed by atoms with Crippen molar-refractivity contribution in [1.82, 2.24) is 0 Å². The zero-order chi connectivity index (χ0) is 16.9. The van der Waals surface area contributed by atoms with Crippen molar-refractivity contribution in [2.75, 3.05) is 19.0 Å². The molecule has 0 spiro atoms. The molecule has 0 radical (unpaired) electrons. The highest BCUT2D eigenvalue weighted by atomic mass is 16.5. The number of benzene rings is 1. The summed E-state index contributed by atoms with van der Waals surface area (Å²) < 4.78 is 9.85. The lowest BCUT2D eigenvalue weighted by molar-refractivity contribution is -0.137. The molecule has 6 heteroatoms. The van der Waals surface area contributed by atoms with Gasteiger partial charge in [0.1, 0.15) is 5.75 Å². The maximum absolute atomic E-state index is 12.3. The molecule has 1 rings (SSSR count). The summed E-state index contributed by atoms with van der Waals surface area (Å²) in [5, 5.41) is 2.66. The summed E-state index contributed by atoms with van der Waals surface area (Å²) in [4.78, 5) is 36.1. The third-order valence-electron chi connectivity index (χ3n) is 2.86. The number of anilines is 1. The Hall–Kier alpha value is -2.37. The number of esters is 1. The lowest BCUT2D eigenvalue weighted by atomic mass is 9.95. The number of ether oxygens (including phenoxy) is 2. The highest BCUT2D eigenvalue weighted by molar-refractivity contribution is 6.42. The second kappa shape index (κ2) is 7.06. The van der Waals surface area contributed by atoms with Gasteiger partial charge in [-0.1, -0.05) is 26.8 Å². The first-order chi connectivity index (χ1) is 10.2. The summed E-state index contributed by atoms with van der Waals surface area (Å²) in [5.74, 6) is -1.93. The molecule has 0 aromatic heterocycles. The molecule has 1 aromatic carbocycles. The van der Waals surface area contributed by atoms with Crippen LogP contribution in [-0.2, 0) is 14.3 Å². The Bertz CT molecular complexity index is 587. The number of hydrogen-bond acceptors (Lipinski definition) is 5. The Morgan fingerprint density at radius 2 is 1.82 bits per heavy atom. The van der Waals surface area contributed by atoms with Gasteiger partial charge >= 0.3 is 5.97 Å². The van der Waals surface area contributed by atoms with Gasteiger partial charge < -0.3 is 14.8 Å². The van der Waals surface area contributed by atoms with Gasteiger partial charge in [0.15, 0.2) is 0 Å². The first kappa shape index (κ1) is 17.7. The van der Waals surface area contributed by atoms with E-state index in [2.05, 4.69) is 5.32 Å². The third-order valence-corrected chi connectivity index (χ3v) is 2.86. The molecular formula is C16H21NO5. The van der Waals surface area contributed by atoms with Crippen molar-refractivity contribution in [3.63, 3.8) is 0 Å². The number of ketones is 1. The van der Waals surface area contributed by atoms with Crippen LogP contribution in [0, 0.1) is 5.41 Å². The summed E-state index contributed by atoms with van der Waals surface area (Å²) in [6.45, 7) is 6.93. The number of carbonyl (C=O) groups excluding carboxylic acids is 3. The Balaban J connectivity index is 3.26. The van der Waals surface area contributed by atoms with E-state index in [1.54, 1.807) is 45.9 Å². The Labute approximate surface area is 129 Å². The fourth-order valence-electron chi connectivity index (χ4n) is 1.65. The number of nitrogens with one attached hydrogen (secondary N) is 1. The van der Waals surface area contributed by atoms with Crippen molar-refractivity contribution >= 4 is 23.3 Å². The molecule has 1 amide bonds. The van der Waals surface area contributed by atoms with Gasteiger partial charge in [0.05, 0.1) is 25.0 Å². The summed E-state index contributed by atoms with van der Waals surface area (Å²) in [7, 11) is 1.38. The van der Waals surface area contributed by atoms with Crippen LogP contribution in [0.5, 0.6) is 5.75 Å². The number of Topliss-reactive ketones (excluding diaryl/α,β-unsaturated/α-hetero) is 1. The molecule has 6 nitrogen and oxygen atoms in total. The van der Waals surface area contributed by atoms with Gasteiger partial charge in [-0.15, -0.1) is 0 Å². The van der Waals surface area contributed by atoms with E-state index in [9.17, 15) is 14.4 Å². The molecular weight excluding hydrogens is 286 g/mol. The lowest BCUT2D eigenvalue weighted by Gasteiger charge is -2.19. The highest BCUT2D eigenvalue weighted by Crippen LogP contribution is 2.29. The maximum atomic E-state index is 12.3. The molecule has 0 bridgehead atoms. The van der Waals surface area contributed by atoms with Crippen LogP contribution < -0.4 is 10.1 Å². The summed E-state index contributed by atoms with van der Waals surface area (Å²) >= 11 is 0. The van der Waals surface area contributed by atoms with Crippen LogP contribution in [0.25, 0.3) is 0 Å². The fourth-order valence-corrected chi connectivity index (χ4v) is 1.65. The number of amides is 1. The molecule has 0 aliphatic rings. The van der Waals surface area contributed by atoms with Crippen LogP contribution in [0.2, 0.25) is 0 Å². The van der Waals surface area contributed by atoms with Crippen molar-refractivity contribution < 1.29 is 23.9 Å². The molecule has 0 aliphatic carbocycles. The predicted octanol–water partition coefficient (Wildman–Crippen LogP) is 2.43. The minimum Gasteiger partial charge on any atom is -0.496 e. The van der Waals surface area contributed by atoms with Crippen molar-refractivity contribution in [2.45, 2.75) is 27.7 Å². The monoisotopic (exact) mass is 307 g/mol. The maximum Gasteiger partial charge on any atom is 0.379 e. The quantitative estimate of drug-likeness (QED) is 0.513. The highest BCUT2D eigenvalue weighted by Gasteiger charge is 2.28. The van der Waals surface area contributed by atoms with Crippen LogP contribution in [-0.4, -0.2) is 31.4 Å². The first-order valence-electron chi connectivity index (χ1n) is 6.92. The number of methoxy groups -OCH3 is 1. The average Bonchev–Trinajstić information content (AvgIpc) is 2.45. The molecule has 0 saturated carbocycles. The van der Waals surface area contributed by atoms with E-state index in [-0.39, 0.29) is 29.5 Å². The van der Waals surface area contributed by atoms with E-state index >= 15 is 0 Å². The van der Waals surface area contributed by atoms with Gasteiger partial charge in [0.25, 0.3) is 5.78 Å². The number of rotatable bonds is 5. The molecule has 1 N–H and O–H groups in total. The molecule has 120 valence electrons. The Kier molecular flexibility index (Phi) is 5.68. The van der Waals surface area contributed by atoms with Gasteiger partial charge in [-0.25, -0.2) is 4.79 Å². The molecule has 0 atom stereocenters. The summed E-state index contributed by atoms with van der Waals surface area (Å²) in [5.41, 5.74) is -0.439. The van der Waals surface area contributed by atoms with Gasteiger partial charge in [-0.3, -0.25) is 9.59 Å². The molecule has 0 aliphatic heterocycles. The van der Waals surface area contributed by atoms with Gasteiger partial charge in [0, 0.05) is 5.41 Å². The van der Waals surface area contributed by atoms with Gasteiger partial charge in [-0.2, -0.15) is 0 Å². The summed E-state index contributed by atoms with van der Waals surface area (Å²) in [6, 6.07) is 4.71. The number of carbonyl (C=O) groups is 3. The molecule has 0 heterocycles. The molecule has 0 saturated heterocycles. The zero-order valence-corrected chi connectivity index (χ0v) is 13.5. The topological polar surface area (TPSA) is 81.7 Å².